The summed E-state index contributed by atoms with van der Waals surface area (Å²) in [6, 6.07) is 9.32. The molecule has 6 heteroatoms. The minimum Gasteiger partial charge on any atom is -0.353 e. The first kappa shape index (κ1) is 17.5. The van der Waals surface area contributed by atoms with Gasteiger partial charge in [0, 0.05) is 32.0 Å². The molecule has 1 fully saturated rings. The molecule has 0 atom stereocenters. The molecule has 27 heavy (non-hydrogen) atoms. The topological polar surface area (TPSA) is 60.1 Å². The summed E-state index contributed by atoms with van der Waals surface area (Å²) < 4.78 is 3.28. The molecule has 1 aromatic carbocycles. The summed E-state index contributed by atoms with van der Waals surface area (Å²) >= 11 is 0. The molecule has 140 valence electrons. The van der Waals surface area contributed by atoms with Crippen LogP contribution < -0.4 is 5.56 Å². The van der Waals surface area contributed by atoms with Gasteiger partial charge in [-0.3, -0.25) is 9.59 Å². The molecule has 0 unspecified atom stereocenters. The summed E-state index contributed by atoms with van der Waals surface area (Å²) in [6.07, 6.45) is 5.64. The maximum Gasteiger partial charge on any atom is 0.282 e. The lowest BCUT2D eigenvalue weighted by atomic mass is 9.98. The van der Waals surface area contributed by atoms with Crippen molar-refractivity contribution in [3.05, 3.63) is 58.6 Å². The van der Waals surface area contributed by atoms with E-state index in [0.717, 1.165) is 25.9 Å². The van der Waals surface area contributed by atoms with Crippen molar-refractivity contribution in [1.82, 2.24) is 19.2 Å². The number of pyridine rings is 1. The average molecular weight is 364 g/mol. The third-order valence-electron chi connectivity index (χ3n) is 5.39. The zero-order chi connectivity index (χ0) is 19.0. The number of carbonyl (C=O) groups is 1. The maximum absolute atomic E-state index is 13.2. The predicted octanol–water partition coefficient (Wildman–Crippen LogP) is 3.03. The molecule has 0 saturated carbocycles. The second-order valence-corrected chi connectivity index (χ2v) is 7.29. The summed E-state index contributed by atoms with van der Waals surface area (Å²) in [6.45, 7) is 6.41. The largest absolute Gasteiger partial charge is 0.353 e. The number of hydrogen-bond donors (Lipinski definition) is 0. The zero-order valence-corrected chi connectivity index (χ0v) is 15.8. The van der Waals surface area contributed by atoms with Crippen LogP contribution >= 0.6 is 0 Å². The van der Waals surface area contributed by atoms with Gasteiger partial charge in [0.05, 0.1) is 16.8 Å². The molecule has 1 saturated heterocycles. The van der Waals surface area contributed by atoms with Crippen LogP contribution in [-0.2, 0) is 6.54 Å². The van der Waals surface area contributed by atoms with Crippen LogP contribution in [0.4, 0.5) is 0 Å². The monoisotopic (exact) mass is 364 g/mol. The van der Waals surface area contributed by atoms with Crippen molar-refractivity contribution in [2.24, 2.45) is 5.92 Å². The number of para-hydroxylation sites is 1. The number of carbonyl (C=O) groups excluding carboxylic acids is 1. The van der Waals surface area contributed by atoms with Gasteiger partial charge < -0.3 is 9.47 Å². The van der Waals surface area contributed by atoms with E-state index in [-0.39, 0.29) is 11.5 Å². The highest BCUT2D eigenvalue weighted by atomic mass is 16.2. The molecule has 0 bridgehead atoms. The van der Waals surface area contributed by atoms with Crippen molar-refractivity contribution in [3.63, 3.8) is 0 Å². The van der Waals surface area contributed by atoms with Gasteiger partial charge in [-0.2, -0.15) is 9.78 Å². The number of nitrogens with zero attached hydrogens (tertiary/aromatic N) is 4. The number of piperidine rings is 1. The first-order valence-electron chi connectivity index (χ1n) is 9.56. The first-order valence-corrected chi connectivity index (χ1v) is 9.56. The van der Waals surface area contributed by atoms with E-state index >= 15 is 0 Å². The third-order valence-corrected chi connectivity index (χ3v) is 5.39. The normalized spacial score (nSPS) is 15.4. The van der Waals surface area contributed by atoms with Gasteiger partial charge >= 0.3 is 0 Å². The molecular formula is C21H24N4O2. The molecule has 6 nitrogen and oxygen atoms in total. The van der Waals surface area contributed by atoms with Gasteiger partial charge in [0.25, 0.3) is 11.5 Å². The van der Waals surface area contributed by atoms with E-state index in [0.29, 0.717) is 35.0 Å². The molecule has 0 aromatic heterocycles. The molecular weight excluding hydrogens is 340 g/mol. The Morgan fingerprint density at radius 3 is 2.52 bits per heavy atom. The number of amides is 1. The highest BCUT2D eigenvalue weighted by Crippen LogP contribution is 2.25. The third kappa shape index (κ3) is 3.16. The van der Waals surface area contributed by atoms with Gasteiger partial charge in [-0.1, -0.05) is 25.1 Å². The van der Waals surface area contributed by atoms with E-state index in [1.807, 2.05) is 52.9 Å². The summed E-state index contributed by atoms with van der Waals surface area (Å²) in [5.74, 6) is 0.614. The lowest BCUT2D eigenvalue weighted by molar-refractivity contribution is 0.0696. The smallest absolute Gasteiger partial charge is 0.282 e. The molecule has 0 radical (unpaired) electrons. The second kappa shape index (κ2) is 7.02. The van der Waals surface area contributed by atoms with Crippen molar-refractivity contribution in [1.29, 1.82) is 0 Å². The molecule has 0 aliphatic carbocycles. The lowest BCUT2D eigenvalue weighted by Crippen LogP contribution is -2.38. The minimum absolute atomic E-state index is 0.0348. The average Bonchev–Trinajstić information content (AvgIpc) is 3.04. The van der Waals surface area contributed by atoms with Crippen LogP contribution in [0.15, 0.2) is 47.5 Å². The van der Waals surface area contributed by atoms with E-state index in [1.165, 1.54) is 4.68 Å². The Morgan fingerprint density at radius 2 is 1.85 bits per heavy atom. The molecule has 4 rings (SSSR count). The van der Waals surface area contributed by atoms with Crippen LogP contribution in [0.2, 0.25) is 0 Å². The van der Waals surface area contributed by atoms with E-state index in [9.17, 15) is 9.59 Å². The number of aryl methyl sites for hydroxylation is 1. The Labute approximate surface area is 158 Å². The summed E-state index contributed by atoms with van der Waals surface area (Å²) in [4.78, 5) is 28.0. The Bertz CT molecular complexity index is 981. The Hall–Kier alpha value is -2.89. The van der Waals surface area contributed by atoms with E-state index in [4.69, 9.17) is 0 Å². The number of hydrogen-bond acceptors (Lipinski definition) is 3. The van der Waals surface area contributed by atoms with Crippen molar-refractivity contribution in [2.45, 2.75) is 33.2 Å². The quantitative estimate of drug-likeness (QED) is 0.718. The first-order chi connectivity index (χ1) is 13.1. The highest BCUT2D eigenvalue weighted by molar-refractivity contribution is 6.00. The highest BCUT2D eigenvalue weighted by Gasteiger charge is 2.28. The SMILES string of the molecule is CCn1cc(C(=O)N2CCC(C)CC2)c2nn(-c3ccccc3)c(=O)c-2c1. The molecule has 0 N–H and O–H groups in total. The number of rotatable bonds is 3. The number of benzene rings is 1. The fraction of sp³-hybridized carbons (Fsp3) is 0.381. The molecule has 1 aromatic rings. The van der Waals surface area contributed by atoms with Crippen LogP contribution in [0.1, 0.15) is 37.0 Å². The molecule has 3 aliphatic heterocycles. The fourth-order valence-electron chi connectivity index (χ4n) is 3.63. The number of fused-ring (bicyclic) bond motifs is 1. The van der Waals surface area contributed by atoms with Crippen molar-refractivity contribution < 1.29 is 4.79 Å². The molecule has 0 spiro atoms. The summed E-state index contributed by atoms with van der Waals surface area (Å²) in [5, 5.41) is 4.53. The Morgan fingerprint density at radius 1 is 1.15 bits per heavy atom. The van der Waals surface area contributed by atoms with Crippen LogP contribution in [0, 0.1) is 5.92 Å². The Kier molecular flexibility index (Phi) is 4.56. The van der Waals surface area contributed by atoms with E-state index in [1.54, 1.807) is 6.20 Å². The standard InChI is InChI=1S/C21H24N4O2/c1-3-23-13-17(20(26)24-11-9-15(2)10-12-24)19-18(14-23)21(27)25(22-19)16-7-5-4-6-8-16/h4-8,13-15H,3,9-12H2,1-2H3. The van der Waals surface area contributed by atoms with Crippen LogP contribution in [-0.4, -0.2) is 38.2 Å². The predicted molar refractivity (Wildman–Crippen MR) is 104 cm³/mol. The minimum atomic E-state index is -0.194. The van der Waals surface area contributed by atoms with Gasteiger partial charge in [-0.05, 0) is 37.8 Å². The number of likely N-dealkylation sites (tertiary alicyclic amines) is 1. The van der Waals surface area contributed by atoms with Gasteiger partial charge in [-0.25, -0.2) is 0 Å². The lowest BCUT2D eigenvalue weighted by Gasteiger charge is -2.30. The second-order valence-electron chi connectivity index (χ2n) is 7.29. The van der Waals surface area contributed by atoms with E-state index in [2.05, 4.69) is 12.0 Å². The van der Waals surface area contributed by atoms with Gasteiger partial charge in [0.2, 0.25) is 0 Å². The summed E-state index contributed by atoms with van der Waals surface area (Å²) in [7, 11) is 0. The van der Waals surface area contributed by atoms with Crippen molar-refractivity contribution >= 4 is 5.91 Å². The van der Waals surface area contributed by atoms with Crippen LogP contribution in [0.25, 0.3) is 16.9 Å². The maximum atomic E-state index is 13.2. The zero-order valence-electron chi connectivity index (χ0n) is 15.8. The molecule has 1 amide bonds. The van der Waals surface area contributed by atoms with Crippen molar-refractivity contribution in [3.8, 4) is 16.9 Å². The molecule has 3 aliphatic rings. The van der Waals surface area contributed by atoms with Crippen LogP contribution in [0.3, 0.4) is 0 Å². The van der Waals surface area contributed by atoms with Gasteiger partial charge in [0.15, 0.2) is 0 Å². The van der Waals surface area contributed by atoms with E-state index < -0.39 is 0 Å². The van der Waals surface area contributed by atoms with Crippen molar-refractivity contribution in [2.75, 3.05) is 13.1 Å². The summed E-state index contributed by atoms with van der Waals surface area (Å²) in [5.41, 5.74) is 1.98. The molecule has 3 heterocycles. The fourth-order valence-corrected chi connectivity index (χ4v) is 3.63. The van der Waals surface area contributed by atoms with Gasteiger partial charge in [0.1, 0.15) is 5.69 Å². The number of aromatic nitrogens is 3. The van der Waals surface area contributed by atoms with Crippen LogP contribution in [0.5, 0.6) is 0 Å². The Balaban J connectivity index is 1.82. The van der Waals surface area contributed by atoms with Gasteiger partial charge in [-0.15, -0.1) is 0 Å².